The zero-order valence-electron chi connectivity index (χ0n) is 14.2. The summed E-state index contributed by atoms with van der Waals surface area (Å²) >= 11 is 0. The quantitative estimate of drug-likeness (QED) is 0.925. The fourth-order valence-corrected chi connectivity index (χ4v) is 3.46. The molecule has 126 valence electrons. The van der Waals surface area contributed by atoms with Crippen LogP contribution in [0.1, 0.15) is 39.2 Å². The second kappa shape index (κ2) is 6.56. The Morgan fingerprint density at radius 1 is 1.43 bits per heavy atom. The van der Waals surface area contributed by atoms with E-state index in [9.17, 15) is 14.7 Å². The Hall–Kier alpha value is -2.11. The lowest BCUT2D eigenvalue weighted by atomic mass is 9.90. The fraction of sp³-hybridized carbons (Fsp3) is 0.588. The van der Waals surface area contributed by atoms with Gasteiger partial charge in [0.2, 0.25) is 0 Å². The predicted octanol–water partition coefficient (Wildman–Crippen LogP) is 2.55. The summed E-state index contributed by atoms with van der Waals surface area (Å²) in [5.41, 5.74) is 0.537. The van der Waals surface area contributed by atoms with Crippen LogP contribution in [-0.2, 0) is 10.3 Å². The maximum Gasteiger partial charge on any atom is 0.326 e. The van der Waals surface area contributed by atoms with Gasteiger partial charge in [-0.25, -0.2) is 9.59 Å². The van der Waals surface area contributed by atoms with E-state index in [1.165, 1.54) is 4.90 Å². The molecule has 1 aromatic heterocycles. The first-order valence-corrected chi connectivity index (χ1v) is 7.96. The van der Waals surface area contributed by atoms with Crippen molar-refractivity contribution in [2.24, 2.45) is 5.92 Å². The largest absolute Gasteiger partial charge is 0.480 e. The number of amides is 2. The Morgan fingerprint density at radius 3 is 2.65 bits per heavy atom. The summed E-state index contributed by atoms with van der Waals surface area (Å²) in [6.07, 6.45) is 5.23. The van der Waals surface area contributed by atoms with Crippen LogP contribution in [0.4, 0.5) is 4.79 Å². The molecule has 0 saturated carbocycles. The minimum absolute atomic E-state index is 0.159. The average Bonchev–Trinajstić information content (AvgIpc) is 2.89. The number of pyridine rings is 1. The molecule has 2 heterocycles. The normalized spacial score (nSPS) is 22.2. The summed E-state index contributed by atoms with van der Waals surface area (Å²) in [5, 5.41) is 9.43. The van der Waals surface area contributed by atoms with Crippen molar-refractivity contribution in [2.45, 2.75) is 45.2 Å². The SMILES string of the molecule is CC(C)[C@@H](C(=O)O)N(C)C(=O)N1CCC[C@]1(C)c1cccnc1. The van der Waals surface area contributed by atoms with Gasteiger partial charge in [0.1, 0.15) is 6.04 Å². The van der Waals surface area contributed by atoms with Crippen LogP contribution in [0, 0.1) is 5.92 Å². The van der Waals surface area contributed by atoms with E-state index in [4.69, 9.17) is 0 Å². The standard InChI is InChI=1S/C17H25N3O3/c1-12(2)14(15(21)22)19(4)16(23)20-10-6-8-17(20,3)13-7-5-9-18-11-13/h5,7,9,11-12,14H,6,8,10H2,1-4H3,(H,21,22)/t14-,17+/m0/s1. The molecular weight excluding hydrogens is 294 g/mol. The van der Waals surface area contributed by atoms with Gasteiger partial charge in [-0.1, -0.05) is 19.9 Å². The number of carbonyl (C=O) groups excluding carboxylic acids is 1. The number of likely N-dealkylation sites (N-methyl/N-ethyl adjacent to an activating group) is 1. The van der Waals surface area contributed by atoms with Gasteiger partial charge in [-0.05, 0) is 37.3 Å². The number of rotatable bonds is 4. The molecule has 0 radical (unpaired) electrons. The predicted molar refractivity (Wildman–Crippen MR) is 86.9 cm³/mol. The number of carbonyl (C=O) groups is 2. The Morgan fingerprint density at radius 2 is 2.13 bits per heavy atom. The molecule has 1 N–H and O–H groups in total. The summed E-state index contributed by atoms with van der Waals surface area (Å²) in [5.74, 6) is -1.13. The van der Waals surface area contributed by atoms with Gasteiger partial charge >= 0.3 is 12.0 Å². The first-order chi connectivity index (χ1) is 10.8. The number of hydrogen-bond donors (Lipinski definition) is 1. The fourth-order valence-electron chi connectivity index (χ4n) is 3.46. The zero-order valence-corrected chi connectivity index (χ0v) is 14.2. The molecule has 2 amide bonds. The van der Waals surface area contributed by atoms with E-state index in [0.29, 0.717) is 6.54 Å². The molecule has 2 rings (SSSR count). The van der Waals surface area contributed by atoms with Crippen molar-refractivity contribution in [3.05, 3.63) is 30.1 Å². The van der Waals surface area contributed by atoms with Gasteiger partial charge < -0.3 is 14.9 Å². The molecule has 1 aliphatic heterocycles. The topological polar surface area (TPSA) is 73.7 Å². The van der Waals surface area contributed by atoms with Crippen LogP contribution in [-0.4, -0.2) is 51.5 Å². The van der Waals surface area contributed by atoms with E-state index in [0.717, 1.165) is 18.4 Å². The summed E-state index contributed by atoms with van der Waals surface area (Å²) in [6, 6.07) is 2.76. The average molecular weight is 319 g/mol. The number of aliphatic carboxylic acids is 1. The van der Waals surface area contributed by atoms with Crippen molar-refractivity contribution in [1.82, 2.24) is 14.8 Å². The number of likely N-dealkylation sites (tertiary alicyclic amines) is 1. The monoisotopic (exact) mass is 319 g/mol. The van der Waals surface area contributed by atoms with Gasteiger partial charge in [0.15, 0.2) is 0 Å². The molecule has 0 aliphatic carbocycles. The van der Waals surface area contributed by atoms with E-state index >= 15 is 0 Å². The second-order valence-corrected chi connectivity index (χ2v) is 6.69. The molecule has 6 heteroatoms. The zero-order chi connectivity index (χ0) is 17.2. The summed E-state index contributed by atoms with van der Waals surface area (Å²) in [6.45, 7) is 6.27. The van der Waals surface area contributed by atoms with E-state index in [1.807, 2.05) is 32.9 Å². The van der Waals surface area contributed by atoms with Gasteiger partial charge in [0, 0.05) is 26.0 Å². The third kappa shape index (κ3) is 3.16. The molecule has 0 aromatic carbocycles. The molecule has 0 unspecified atom stereocenters. The van der Waals surface area contributed by atoms with Crippen molar-refractivity contribution in [3.8, 4) is 0 Å². The van der Waals surface area contributed by atoms with Crippen LogP contribution in [0.3, 0.4) is 0 Å². The van der Waals surface area contributed by atoms with Crippen molar-refractivity contribution < 1.29 is 14.7 Å². The molecule has 1 aliphatic rings. The van der Waals surface area contributed by atoms with Crippen LogP contribution in [0.25, 0.3) is 0 Å². The van der Waals surface area contributed by atoms with Gasteiger partial charge in [-0.15, -0.1) is 0 Å². The van der Waals surface area contributed by atoms with Gasteiger partial charge in [0.25, 0.3) is 0 Å². The van der Waals surface area contributed by atoms with Crippen molar-refractivity contribution >= 4 is 12.0 Å². The molecule has 1 saturated heterocycles. The van der Waals surface area contributed by atoms with Crippen LogP contribution in [0.5, 0.6) is 0 Å². The molecular formula is C17H25N3O3. The number of carboxylic acid groups (broad SMARTS) is 1. The molecule has 1 fully saturated rings. The second-order valence-electron chi connectivity index (χ2n) is 6.69. The first kappa shape index (κ1) is 17.2. The van der Waals surface area contributed by atoms with Gasteiger partial charge in [-0.2, -0.15) is 0 Å². The number of nitrogens with zero attached hydrogens (tertiary/aromatic N) is 3. The highest BCUT2D eigenvalue weighted by atomic mass is 16.4. The minimum atomic E-state index is -0.974. The maximum atomic E-state index is 13.0. The van der Waals surface area contributed by atoms with E-state index in [1.54, 1.807) is 24.3 Å². The van der Waals surface area contributed by atoms with E-state index < -0.39 is 17.6 Å². The summed E-state index contributed by atoms with van der Waals surface area (Å²) in [7, 11) is 1.57. The Kier molecular flexibility index (Phi) is 4.92. The van der Waals surface area contributed by atoms with Crippen LogP contribution >= 0.6 is 0 Å². The Bertz CT molecular complexity index is 576. The van der Waals surface area contributed by atoms with Crippen LogP contribution in [0.15, 0.2) is 24.5 Å². The first-order valence-electron chi connectivity index (χ1n) is 7.96. The molecule has 1 aromatic rings. The number of carboxylic acids is 1. The number of aromatic nitrogens is 1. The lowest BCUT2D eigenvalue weighted by Crippen LogP contribution is -2.54. The Labute approximate surface area is 137 Å². The lowest BCUT2D eigenvalue weighted by Gasteiger charge is -2.40. The van der Waals surface area contributed by atoms with Gasteiger partial charge in [-0.3, -0.25) is 4.98 Å². The highest BCUT2D eigenvalue weighted by Crippen LogP contribution is 2.39. The molecule has 2 atom stereocenters. The highest BCUT2D eigenvalue weighted by molar-refractivity contribution is 5.83. The number of urea groups is 1. The summed E-state index contributed by atoms with van der Waals surface area (Å²) < 4.78 is 0. The molecule has 6 nitrogen and oxygen atoms in total. The van der Waals surface area contributed by atoms with Crippen LogP contribution in [0.2, 0.25) is 0 Å². The number of hydrogen-bond acceptors (Lipinski definition) is 3. The molecule has 0 bridgehead atoms. The van der Waals surface area contributed by atoms with Gasteiger partial charge in [0.05, 0.1) is 5.54 Å². The van der Waals surface area contributed by atoms with E-state index in [2.05, 4.69) is 4.98 Å². The Balaban J connectivity index is 2.29. The maximum absolute atomic E-state index is 13.0. The summed E-state index contributed by atoms with van der Waals surface area (Å²) in [4.78, 5) is 31.8. The molecule has 23 heavy (non-hydrogen) atoms. The van der Waals surface area contributed by atoms with E-state index in [-0.39, 0.29) is 11.9 Å². The van der Waals surface area contributed by atoms with Crippen molar-refractivity contribution in [3.63, 3.8) is 0 Å². The lowest BCUT2D eigenvalue weighted by molar-refractivity contribution is -0.143. The van der Waals surface area contributed by atoms with Crippen LogP contribution < -0.4 is 0 Å². The third-order valence-corrected chi connectivity index (χ3v) is 4.76. The highest BCUT2D eigenvalue weighted by Gasteiger charge is 2.44. The molecule has 0 spiro atoms. The smallest absolute Gasteiger partial charge is 0.326 e. The third-order valence-electron chi connectivity index (χ3n) is 4.76. The van der Waals surface area contributed by atoms with Crippen molar-refractivity contribution in [2.75, 3.05) is 13.6 Å². The minimum Gasteiger partial charge on any atom is -0.480 e. The van der Waals surface area contributed by atoms with Crippen molar-refractivity contribution in [1.29, 1.82) is 0 Å².